The molecule has 1 aliphatic heterocycles. The number of carbonyl (C=O) groups excluding carboxylic acids is 1. The molecule has 1 saturated heterocycles. The number of rotatable bonds is 4. The number of benzene rings is 2. The molecule has 1 fully saturated rings. The third kappa shape index (κ3) is 3.54. The molecule has 2 atom stereocenters. The second-order valence-electron chi connectivity index (χ2n) is 5.77. The first-order valence-corrected chi connectivity index (χ1v) is 7.75. The molecular formula is C19H21NO3. The number of Topliss-reactive ketones (excluding diaryl/α,β-unsaturated/α-hetero) is 1. The first-order chi connectivity index (χ1) is 11.2. The lowest BCUT2D eigenvalue weighted by Crippen LogP contribution is -2.35. The van der Waals surface area contributed by atoms with Crippen LogP contribution in [0.1, 0.15) is 36.1 Å². The van der Waals surface area contributed by atoms with Crippen molar-refractivity contribution in [3.05, 3.63) is 59.7 Å². The molecule has 3 rings (SSSR count). The number of ketones is 1. The summed E-state index contributed by atoms with van der Waals surface area (Å²) in [5.41, 5.74) is 2.22. The summed E-state index contributed by atoms with van der Waals surface area (Å²) in [5.74, 6) is 1.93. The Kier molecular flexibility index (Phi) is 4.63. The van der Waals surface area contributed by atoms with E-state index in [-0.39, 0.29) is 17.9 Å². The number of hydrogen-bond donors (Lipinski definition) is 1. The van der Waals surface area contributed by atoms with Gasteiger partial charge in [-0.1, -0.05) is 24.3 Å². The predicted molar refractivity (Wildman–Crippen MR) is 88.8 cm³/mol. The lowest BCUT2D eigenvalue weighted by atomic mass is 9.89. The maximum Gasteiger partial charge on any atom is 0.136 e. The first-order valence-electron chi connectivity index (χ1n) is 7.75. The fourth-order valence-electron chi connectivity index (χ4n) is 3.00. The Bertz CT molecular complexity index is 607. The zero-order valence-corrected chi connectivity index (χ0v) is 13.4. The zero-order valence-electron chi connectivity index (χ0n) is 13.4. The van der Waals surface area contributed by atoms with Gasteiger partial charge in [0.25, 0.3) is 0 Å². The average Bonchev–Trinajstić information content (AvgIpc) is 2.61. The van der Waals surface area contributed by atoms with Gasteiger partial charge in [-0.2, -0.15) is 0 Å². The Morgan fingerprint density at radius 3 is 1.52 bits per heavy atom. The van der Waals surface area contributed by atoms with Gasteiger partial charge in [-0.15, -0.1) is 0 Å². The maximum atomic E-state index is 12.2. The summed E-state index contributed by atoms with van der Waals surface area (Å²) in [7, 11) is 3.30. The van der Waals surface area contributed by atoms with Crippen molar-refractivity contribution in [1.29, 1.82) is 0 Å². The molecule has 1 aliphatic rings. The predicted octanol–water partition coefficient (Wildman–Crippen LogP) is 3.44. The SMILES string of the molecule is COc1ccc(C2CC(=O)CC(c3ccc(OC)cc3)N2)cc1. The van der Waals surface area contributed by atoms with Crippen molar-refractivity contribution in [2.75, 3.05) is 14.2 Å². The van der Waals surface area contributed by atoms with Crippen LogP contribution in [0, 0.1) is 0 Å². The molecule has 0 aromatic heterocycles. The monoisotopic (exact) mass is 311 g/mol. The smallest absolute Gasteiger partial charge is 0.136 e. The van der Waals surface area contributed by atoms with Gasteiger partial charge < -0.3 is 14.8 Å². The molecule has 2 aromatic carbocycles. The van der Waals surface area contributed by atoms with E-state index in [9.17, 15) is 4.79 Å². The third-order valence-electron chi connectivity index (χ3n) is 4.30. The summed E-state index contributed by atoms with van der Waals surface area (Å²) in [6.07, 6.45) is 1.05. The van der Waals surface area contributed by atoms with E-state index in [2.05, 4.69) is 5.32 Å². The van der Waals surface area contributed by atoms with E-state index in [1.54, 1.807) is 14.2 Å². The van der Waals surface area contributed by atoms with Gasteiger partial charge in [0.2, 0.25) is 0 Å². The molecule has 0 saturated carbocycles. The average molecular weight is 311 g/mol. The number of ether oxygens (including phenoxy) is 2. The van der Waals surface area contributed by atoms with E-state index in [0.717, 1.165) is 22.6 Å². The zero-order chi connectivity index (χ0) is 16.2. The molecule has 0 spiro atoms. The van der Waals surface area contributed by atoms with E-state index >= 15 is 0 Å². The van der Waals surface area contributed by atoms with Crippen molar-refractivity contribution in [3.8, 4) is 11.5 Å². The van der Waals surface area contributed by atoms with E-state index in [4.69, 9.17) is 9.47 Å². The van der Waals surface area contributed by atoms with E-state index in [1.165, 1.54) is 0 Å². The summed E-state index contributed by atoms with van der Waals surface area (Å²) in [6.45, 7) is 0. The van der Waals surface area contributed by atoms with Gasteiger partial charge in [0.1, 0.15) is 17.3 Å². The standard InChI is InChI=1S/C19H21NO3/c1-22-16-7-3-13(4-8-16)18-11-15(21)12-19(20-18)14-5-9-17(23-2)10-6-14/h3-10,18-20H,11-12H2,1-2H3. The molecule has 1 N–H and O–H groups in total. The third-order valence-corrected chi connectivity index (χ3v) is 4.30. The Morgan fingerprint density at radius 2 is 1.17 bits per heavy atom. The molecule has 4 nitrogen and oxygen atoms in total. The molecule has 2 unspecified atom stereocenters. The molecule has 1 heterocycles. The number of piperidine rings is 1. The first kappa shape index (κ1) is 15.6. The second-order valence-corrected chi connectivity index (χ2v) is 5.77. The number of hydrogen-bond acceptors (Lipinski definition) is 4. The van der Waals surface area contributed by atoms with Crippen LogP contribution in [-0.2, 0) is 4.79 Å². The highest BCUT2D eigenvalue weighted by Gasteiger charge is 2.28. The van der Waals surface area contributed by atoms with Crippen LogP contribution >= 0.6 is 0 Å². The van der Waals surface area contributed by atoms with Gasteiger partial charge in [0.15, 0.2) is 0 Å². The van der Waals surface area contributed by atoms with Crippen LogP contribution in [0.25, 0.3) is 0 Å². The summed E-state index contributed by atoms with van der Waals surface area (Å²) >= 11 is 0. The number of nitrogens with one attached hydrogen (secondary N) is 1. The lowest BCUT2D eigenvalue weighted by Gasteiger charge is -2.31. The van der Waals surface area contributed by atoms with Crippen molar-refractivity contribution in [1.82, 2.24) is 5.32 Å². The normalized spacial score (nSPS) is 21.0. The van der Waals surface area contributed by atoms with Gasteiger partial charge >= 0.3 is 0 Å². The van der Waals surface area contributed by atoms with Gasteiger partial charge in [-0.3, -0.25) is 4.79 Å². The van der Waals surface area contributed by atoms with Crippen molar-refractivity contribution in [3.63, 3.8) is 0 Å². The second kappa shape index (κ2) is 6.84. The molecule has 2 aromatic rings. The Morgan fingerprint density at radius 1 is 0.783 bits per heavy atom. The van der Waals surface area contributed by atoms with Crippen molar-refractivity contribution >= 4 is 5.78 Å². The molecular weight excluding hydrogens is 290 g/mol. The topological polar surface area (TPSA) is 47.6 Å². The van der Waals surface area contributed by atoms with Gasteiger partial charge in [-0.05, 0) is 35.4 Å². The Hall–Kier alpha value is -2.33. The Balaban J connectivity index is 1.78. The minimum absolute atomic E-state index is 0.0363. The number of methoxy groups -OCH3 is 2. The van der Waals surface area contributed by atoms with Crippen LogP contribution in [0.15, 0.2) is 48.5 Å². The van der Waals surface area contributed by atoms with Crippen LogP contribution in [0.5, 0.6) is 11.5 Å². The highest BCUT2D eigenvalue weighted by Crippen LogP contribution is 2.32. The van der Waals surface area contributed by atoms with Gasteiger partial charge in [-0.25, -0.2) is 0 Å². The van der Waals surface area contributed by atoms with Crippen molar-refractivity contribution in [2.45, 2.75) is 24.9 Å². The molecule has 0 aliphatic carbocycles. The minimum atomic E-state index is 0.0363. The van der Waals surface area contributed by atoms with E-state index < -0.39 is 0 Å². The van der Waals surface area contributed by atoms with Crippen LogP contribution < -0.4 is 14.8 Å². The molecule has 0 bridgehead atoms. The molecule has 0 amide bonds. The van der Waals surface area contributed by atoms with Crippen molar-refractivity contribution in [2.24, 2.45) is 0 Å². The number of carbonyl (C=O) groups is 1. The van der Waals surface area contributed by atoms with Crippen molar-refractivity contribution < 1.29 is 14.3 Å². The fraction of sp³-hybridized carbons (Fsp3) is 0.316. The van der Waals surface area contributed by atoms with Crippen LogP contribution in [-0.4, -0.2) is 20.0 Å². The fourth-order valence-corrected chi connectivity index (χ4v) is 3.00. The molecule has 120 valence electrons. The largest absolute Gasteiger partial charge is 0.497 e. The van der Waals surface area contributed by atoms with E-state index in [1.807, 2.05) is 48.5 Å². The quantitative estimate of drug-likeness (QED) is 0.939. The van der Waals surface area contributed by atoms with Crippen LogP contribution in [0.4, 0.5) is 0 Å². The maximum absolute atomic E-state index is 12.2. The van der Waals surface area contributed by atoms with Gasteiger partial charge in [0, 0.05) is 24.9 Å². The summed E-state index contributed by atoms with van der Waals surface area (Å²) in [4.78, 5) is 12.2. The summed E-state index contributed by atoms with van der Waals surface area (Å²) in [5, 5.41) is 3.59. The molecule has 4 heteroatoms. The summed E-state index contributed by atoms with van der Waals surface area (Å²) < 4.78 is 10.4. The lowest BCUT2D eigenvalue weighted by molar-refractivity contribution is -0.121. The summed E-state index contributed by atoms with van der Waals surface area (Å²) in [6, 6.07) is 15.8. The minimum Gasteiger partial charge on any atom is -0.497 e. The van der Waals surface area contributed by atoms with Gasteiger partial charge in [0.05, 0.1) is 14.2 Å². The Labute approximate surface area is 136 Å². The molecule has 0 radical (unpaired) electrons. The van der Waals surface area contributed by atoms with E-state index in [0.29, 0.717) is 12.8 Å². The molecule has 23 heavy (non-hydrogen) atoms. The van der Waals surface area contributed by atoms with Crippen LogP contribution in [0.2, 0.25) is 0 Å². The highest BCUT2D eigenvalue weighted by atomic mass is 16.5. The highest BCUT2D eigenvalue weighted by molar-refractivity contribution is 5.81. The van der Waals surface area contributed by atoms with Crippen LogP contribution in [0.3, 0.4) is 0 Å².